The fourth-order valence-electron chi connectivity index (χ4n) is 2.58. The van der Waals surface area contributed by atoms with Gasteiger partial charge in [0.15, 0.2) is 0 Å². The van der Waals surface area contributed by atoms with Gasteiger partial charge in [-0.15, -0.1) is 0 Å². The van der Waals surface area contributed by atoms with Crippen molar-refractivity contribution in [2.75, 3.05) is 25.0 Å². The number of anilines is 1. The molecular formula is C15H26N4. The van der Waals surface area contributed by atoms with Crippen molar-refractivity contribution in [3.63, 3.8) is 0 Å². The molecule has 0 radical (unpaired) electrons. The van der Waals surface area contributed by atoms with Gasteiger partial charge < -0.3 is 10.6 Å². The average molecular weight is 262 g/mol. The van der Waals surface area contributed by atoms with E-state index in [0.29, 0.717) is 5.92 Å². The molecule has 2 N–H and O–H groups in total. The fourth-order valence-corrected chi connectivity index (χ4v) is 2.58. The summed E-state index contributed by atoms with van der Waals surface area (Å²) in [7, 11) is 0. The van der Waals surface area contributed by atoms with Gasteiger partial charge >= 0.3 is 0 Å². The molecular weight excluding hydrogens is 236 g/mol. The first-order chi connectivity index (χ1) is 9.24. The number of hydrogen-bond acceptors (Lipinski definition) is 4. The zero-order valence-electron chi connectivity index (χ0n) is 12.2. The molecule has 0 saturated carbocycles. The first kappa shape index (κ1) is 14.3. The van der Waals surface area contributed by atoms with E-state index < -0.39 is 0 Å². The highest BCUT2D eigenvalue weighted by atomic mass is 15.1. The molecule has 19 heavy (non-hydrogen) atoms. The van der Waals surface area contributed by atoms with Gasteiger partial charge in [0, 0.05) is 18.9 Å². The van der Waals surface area contributed by atoms with E-state index in [1.165, 1.54) is 37.9 Å². The van der Waals surface area contributed by atoms with E-state index in [4.69, 9.17) is 0 Å². The molecule has 106 valence electrons. The Bertz CT molecular complexity index is 355. The molecule has 0 unspecified atom stereocenters. The van der Waals surface area contributed by atoms with Crippen molar-refractivity contribution in [3.8, 4) is 0 Å². The van der Waals surface area contributed by atoms with Crippen LogP contribution in [0, 0.1) is 11.8 Å². The smallest absolute Gasteiger partial charge is 0.222 e. The van der Waals surface area contributed by atoms with Crippen molar-refractivity contribution in [2.45, 2.75) is 39.5 Å². The monoisotopic (exact) mass is 262 g/mol. The lowest BCUT2D eigenvalue weighted by Crippen LogP contribution is -2.28. The van der Waals surface area contributed by atoms with Crippen LogP contribution in [0.1, 0.15) is 38.7 Å². The minimum absolute atomic E-state index is 0.655. The predicted octanol–water partition coefficient (Wildman–Crippen LogP) is 2.48. The number of piperidine rings is 1. The summed E-state index contributed by atoms with van der Waals surface area (Å²) in [4.78, 5) is 8.76. The Balaban J connectivity index is 1.70. The summed E-state index contributed by atoms with van der Waals surface area (Å²) in [6, 6.07) is 0. The summed E-state index contributed by atoms with van der Waals surface area (Å²) >= 11 is 0. The highest BCUT2D eigenvalue weighted by Gasteiger charge is 2.12. The standard InChI is InChI=1S/C15H26N4/c1-12(2)9-14-10-18-15(19-11-14)17-8-5-13-3-6-16-7-4-13/h10-13,16H,3-9H2,1-2H3,(H,17,18,19). The van der Waals surface area contributed by atoms with Gasteiger partial charge in [0.25, 0.3) is 0 Å². The first-order valence-electron chi connectivity index (χ1n) is 7.49. The summed E-state index contributed by atoms with van der Waals surface area (Å²) in [6.45, 7) is 7.75. The average Bonchev–Trinajstić information content (AvgIpc) is 2.41. The second-order valence-electron chi connectivity index (χ2n) is 5.92. The highest BCUT2D eigenvalue weighted by Crippen LogP contribution is 2.15. The van der Waals surface area contributed by atoms with E-state index in [1.807, 2.05) is 12.4 Å². The van der Waals surface area contributed by atoms with Crippen LogP contribution in [0.15, 0.2) is 12.4 Å². The Kier molecular flexibility index (Phi) is 5.58. The molecule has 4 nitrogen and oxygen atoms in total. The molecule has 0 aromatic carbocycles. The van der Waals surface area contributed by atoms with E-state index >= 15 is 0 Å². The summed E-state index contributed by atoms with van der Waals surface area (Å²) in [6.07, 6.45) is 8.76. The third-order valence-corrected chi connectivity index (χ3v) is 3.64. The van der Waals surface area contributed by atoms with Crippen molar-refractivity contribution in [2.24, 2.45) is 11.8 Å². The van der Waals surface area contributed by atoms with Crippen molar-refractivity contribution in [1.29, 1.82) is 0 Å². The zero-order chi connectivity index (χ0) is 13.5. The Morgan fingerprint density at radius 2 is 1.95 bits per heavy atom. The lowest BCUT2D eigenvalue weighted by molar-refractivity contribution is 0.361. The summed E-state index contributed by atoms with van der Waals surface area (Å²) < 4.78 is 0. The summed E-state index contributed by atoms with van der Waals surface area (Å²) in [5, 5.41) is 6.73. The van der Waals surface area contributed by atoms with Crippen LogP contribution in [0.25, 0.3) is 0 Å². The van der Waals surface area contributed by atoms with Crippen LogP contribution in [0.2, 0.25) is 0 Å². The van der Waals surface area contributed by atoms with Crippen LogP contribution in [0.4, 0.5) is 5.95 Å². The molecule has 1 aliphatic rings. The van der Waals surface area contributed by atoms with Crippen LogP contribution in [-0.2, 0) is 6.42 Å². The molecule has 1 saturated heterocycles. The van der Waals surface area contributed by atoms with Gasteiger partial charge in [-0.25, -0.2) is 9.97 Å². The van der Waals surface area contributed by atoms with Crippen molar-refractivity contribution < 1.29 is 0 Å². The molecule has 0 spiro atoms. The minimum atomic E-state index is 0.655. The Labute approximate surface area is 116 Å². The number of nitrogens with zero attached hydrogens (tertiary/aromatic N) is 2. The summed E-state index contributed by atoms with van der Waals surface area (Å²) in [5.74, 6) is 2.28. The van der Waals surface area contributed by atoms with Gasteiger partial charge in [0.2, 0.25) is 5.95 Å². The SMILES string of the molecule is CC(C)Cc1cnc(NCCC2CCNCC2)nc1. The van der Waals surface area contributed by atoms with Crippen molar-refractivity contribution in [3.05, 3.63) is 18.0 Å². The van der Waals surface area contributed by atoms with Crippen LogP contribution < -0.4 is 10.6 Å². The van der Waals surface area contributed by atoms with E-state index in [9.17, 15) is 0 Å². The number of rotatable bonds is 6. The van der Waals surface area contributed by atoms with Gasteiger partial charge in [-0.3, -0.25) is 0 Å². The van der Waals surface area contributed by atoms with Gasteiger partial charge in [-0.2, -0.15) is 0 Å². The van der Waals surface area contributed by atoms with Gasteiger partial charge in [0.05, 0.1) is 0 Å². The van der Waals surface area contributed by atoms with Gasteiger partial charge in [-0.1, -0.05) is 13.8 Å². The molecule has 1 aromatic heterocycles. The van der Waals surface area contributed by atoms with Gasteiger partial charge in [-0.05, 0) is 56.2 Å². The quantitative estimate of drug-likeness (QED) is 0.827. The maximum Gasteiger partial charge on any atom is 0.222 e. The van der Waals surface area contributed by atoms with Crippen LogP contribution in [-0.4, -0.2) is 29.6 Å². The normalized spacial score (nSPS) is 16.8. The second kappa shape index (κ2) is 7.43. The van der Waals surface area contributed by atoms with Crippen LogP contribution >= 0.6 is 0 Å². The zero-order valence-corrected chi connectivity index (χ0v) is 12.2. The number of nitrogens with one attached hydrogen (secondary N) is 2. The maximum atomic E-state index is 4.38. The lowest BCUT2D eigenvalue weighted by atomic mass is 9.95. The molecule has 2 heterocycles. The van der Waals surface area contributed by atoms with Crippen molar-refractivity contribution >= 4 is 5.95 Å². The predicted molar refractivity (Wildman–Crippen MR) is 79.3 cm³/mol. The van der Waals surface area contributed by atoms with Crippen LogP contribution in [0.5, 0.6) is 0 Å². The van der Waals surface area contributed by atoms with E-state index in [1.54, 1.807) is 0 Å². The third kappa shape index (κ3) is 5.15. The molecule has 1 aliphatic heterocycles. The third-order valence-electron chi connectivity index (χ3n) is 3.64. The minimum Gasteiger partial charge on any atom is -0.354 e. The molecule has 0 aliphatic carbocycles. The molecule has 2 rings (SSSR count). The molecule has 0 bridgehead atoms. The Morgan fingerprint density at radius 3 is 2.58 bits per heavy atom. The fraction of sp³-hybridized carbons (Fsp3) is 0.733. The van der Waals surface area contributed by atoms with E-state index in [2.05, 4.69) is 34.4 Å². The Morgan fingerprint density at radius 1 is 1.26 bits per heavy atom. The lowest BCUT2D eigenvalue weighted by Gasteiger charge is -2.22. The number of aromatic nitrogens is 2. The second-order valence-corrected chi connectivity index (χ2v) is 5.92. The molecule has 0 amide bonds. The molecule has 0 atom stereocenters. The van der Waals surface area contributed by atoms with Gasteiger partial charge in [0.1, 0.15) is 0 Å². The van der Waals surface area contributed by atoms with Crippen molar-refractivity contribution in [1.82, 2.24) is 15.3 Å². The molecule has 1 aromatic rings. The first-order valence-corrected chi connectivity index (χ1v) is 7.49. The highest BCUT2D eigenvalue weighted by molar-refractivity contribution is 5.24. The summed E-state index contributed by atoms with van der Waals surface area (Å²) in [5.41, 5.74) is 1.22. The van der Waals surface area contributed by atoms with Crippen LogP contribution in [0.3, 0.4) is 0 Å². The molecule has 4 heteroatoms. The maximum absolute atomic E-state index is 4.38. The number of hydrogen-bond donors (Lipinski definition) is 2. The largest absolute Gasteiger partial charge is 0.354 e. The van der Waals surface area contributed by atoms with E-state index in [0.717, 1.165) is 24.8 Å². The molecule has 1 fully saturated rings. The Hall–Kier alpha value is -1.16. The van der Waals surface area contributed by atoms with E-state index in [-0.39, 0.29) is 0 Å². The topological polar surface area (TPSA) is 49.8 Å².